The normalized spacial score (nSPS) is 11.4. The van der Waals surface area contributed by atoms with Crippen molar-refractivity contribution in [1.82, 2.24) is 4.98 Å². The number of ether oxygens (including phenoxy) is 1. The highest BCUT2D eigenvalue weighted by Gasteiger charge is 2.15. The lowest BCUT2D eigenvalue weighted by Gasteiger charge is -2.12. The quantitative estimate of drug-likeness (QED) is 0.395. The highest BCUT2D eigenvalue weighted by molar-refractivity contribution is 6.32. The fourth-order valence-corrected chi connectivity index (χ4v) is 1.84. The molecule has 1 heterocycles. The Hall–Kier alpha value is -2.34. The molecule has 104 valence electrons. The first-order valence-corrected chi connectivity index (χ1v) is 5.97. The first-order chi connectivity index (χ1) is 9.52. The van der Waals surface area contributed by atoms with Crippen molar-refractivity contribution in [3.05, 3.63) is 52.4 Å². The number of rotatable bonds is 3. The molecule has 0 aliphatic heterocycles. The van der Waals surface area contributed by atoms with Crippen molar-refractivity contribution < 1.29 is 14.3 Å². The molecule has 0 spiro atoms. The molecule has 0 unspecified atom stereocenters. The van der Waals surface area contributed by atoms with Crippen LogP contribution in [0.5, 0.6) is 11.6 Å². The summed E-state index contributed by atoms with van der Waals surface area (Å²) in [6.45, 7) is 1.76. The van der Waals surface area contributed by atoms with Crippen molar-refractivity contribution in [2.75, 3.05) is 0 Å². The van der Waals surface area contributed by atoms with E-state index in [9.17, 15) is 4.39 Å². The summed E-state index contributed by atoms with van der Waals surface area (Å²) in [5, 5.41) is 11.8. The first kappa shape index (κ1) is 14.1. The number of hydrogen-bond donors (Lipinski definition) is 2. The molecule has 0 radical (unpaired) electrons. The summed E-state index contributed by atoms with van der Waals surface area (Å²) in [4.78, 5) is 4.02. The van der Waals surface area contributed by atoms with Gasteiger partial charge >= 0.3 is 0 Å². The lowest BCUT2D eigenvalue weighted by molar-refractivity contribution is 0.318. The summed E-state index contributed by atoms with van der Waals surface area (Å²) in [5.74, 6) is -0.271. The molecule has 1 aromatic carbocycles. The Morgan fingerprint density at radius 3 is 2.85 bits per heavy atom. The van der Waals surface area contributed by atoms with Gasteiger partial charge in [-0.2, -0.15) is 0 Å². The molecular weight excluding hydrogens is 285 g/mol. The predicted molar refractivity (Wildman–Crippen MR) is 73.0 cm³/mol. The van der Waals surface area contributed by atoms with Gasteiger partial charge in [0.2, 0.25) is 5.88 Å². The second kappa shape index (κ2) is 5.75. The largest absolute Gasteiger partial charge is 0.437 e. The lowest BCUT2D eigenvalue weighted by atomic mass is 10.1. The second-order valence-corrected chi connectivity index (χ2v) is 4.38. The van der Waals surface area contributed by atoms with Crippen LogP contribution in [0.25, 0.3) is 0 Å². The van der Waals surface area contributed by atoms with E-state index in [1.165, 1.54) is 18.3 Å². The third-order valence-corrected chi connectivity index (χ3v) is 2.88. The fourth-order valence-electron chi connectivity index (χ4n) is 1.63. The second-order valence-electron chi connectivity index (χ2n) is 3.97. The van der Waals surface area contributed by atoms with Gasteiger partial charge in [-0.3, -0.25) is 0 Å². The number of nitrogens with two attached hydrogens (primary N) is 1. The van der Waals surface area contributed by atoms with E-state index in [4.69, 9.17) is 27.3 Å². The molecule has 0 bridgehead atoms. The summed E-state index contributed by atoms with van der Waals surface area (Å²) in [6.07, 6.45) is 1.51. The molecule has 0 amide bonds. The van der Waals surface area contributed by atoms with Crippen LogP contribution in [0.2, 0.25) is 5.02 Å². The summed E-state index contributed by atoms with van der Waals surface area (Å²) in [6, 6.07) is 5.39. The molecule has 2 aromatic rings. The maximum absolute atomic E-state index is 13.0. The molecule has 0 aliphatic rings. The maximum atomic E-state index is 13.0. The van der Waals surface area contributed by atoms with E-state index < -0.39 is 5.82 Å². The summed E-state index contributed by atoms with van der Waals surface area (Å²) in [7, 11) is 0. The average Bonchev–Trinajstić information content (AvgIpc) is 2.41. The van der Waals surface area contributed by atoms with Crippen molar-refractivity contribution >= 4 is 17.4 Å². The zero-order chi connectivity index (χ0) is 14.7. The lowest BCUT2D eigenvalue weighted by Crippen LogP contribution is -2.16. The van der Waals surface area contributed by atoms with E-state index in [2.05, 4.69) is 10.1 Å². The monoisotopic (exact) mass is 295 g/mol. The van der Waals surface area contributed by atoms with Gasteiger partial charge in [0.1, 0.15) is 11.6 Å². The number of halogens is 2. The van der Waals surface area contributed by atoms with E-state index in [-0.39, 0.29) is 22.5 Å². The van der Waals surface area contributed by atoms with Crippen molar-refractivity contribution in [1.29, 1.82) is 0 Å². The van der Waals surface area contributed by atoms with Gasteiger partial charge in [0.15, 0.2) is 5.84 Å². The fraction of sp³-hybridized carbons (Fsp3) is 0.0769. The van der Waals surface area contributed by atoms with E-state index in [1.54, 1.807) is 13.0 Å². The van der Waals surface area contributed by atoms with Gasteiger partial charge in [-0.1, -0.05) is 16.8 Å². The molecule has 3 N–H and O–H groups in total. The zero-order valence-corrected chi connectivity index (χ0v) is 11.2. The summed E-state index contributed by atoms with van der Waals surface area (Å²) < 4.78 is 18.5. The molecule has 0 atom stereocenters. The molecular formula is C13H11ClFN3O2. The summed E-state index contributed by atoms with van der Waals surface area (Å²) >= 11 is 5.88. The minimum atomic E-state index is -0.476. The Balaban J connectivity index is 2.46. The van der Waals surface area contributed by atoms with E-state index >= 15 is 0 Å². The molecule has 2 rings (SSSR count). The van der Waals surface area contributed by atoms with Crippen LogP contribution < -0.4 is 10.5 Å². The number of benzene rings is 1. The number of oxime groups is 1. The van der Waals surface area contributed by atoms with Crippen LogP contribution in [0.4, 0.5) is 4.39 Å². The van der Waals surface area contributed by atoms with E-state index in [0.29, 0.717) is 11.1 Å². The van der Waals surface area contributed by atoms with Crippen molar-refractivity contribution in [3.63, 3.8) is 0 Å². The Kier molecular flexibility index (Phi) is 4.05. The molecule has 0 saturated carbocycles. The molecule has 5 nitrogen and oxygen atoms in total. The van der Waals surface area contributed by atoms with Gasteiger partial charge in [0.25, 0.3) is 0 Å². The van der Waals surface area contributed by atoms with Crippen LogP contribution in [0.1, 0.15) is 11.1 Å². The standard InChI is InChI=1S/C13H11ClFN3O2/c1-7-4-5-17-13(11(7)12(16)18-19)20-10-3-2-8(15)6-9(10)14/h2-6,19H,1H3,(H2,16,18). The predicted octanol–water partition coefficient (Wildman–Crippen LogP) is 3.07. The van der Waals surface area contributed by atoms with Gasteiger partial charge in [0.05, 0.1) is 10.6 Å². The minimum Gasteiger partial charge on any atom is -0.437 e. The number of aryl methyl sites for hydroxylation is 1. The number of pyridine rings is 1. The van der Waals surface area contributed by atoms with Gasteiger partial charge in [-0.15, -0.1) is 0 Å². The first-order valence-electron chi connectivity index (χ1n) is 5.59. The number of hydrogen-bond acceptors (Lipinski definition) is 4. The number of nitrogens with zero attached hydrogens (tertiary/aromatic N) is 2. The maximum Gasteiger partial charge on any atom is 0.230 e. The smallest absolute Gasteiger partial charge is 0.230 e. The third kappa shape index (κ3) is 2.80. The van der Waals surface area contributed by atoms with E-state index in [0.717, 1.165) is 6.07 Å². The minimum absolute atomic E-state index is 0.0961. The Morgan fingerprint density at radius 2 is 2.20 bits per heavy atom. The molecule has 1 aromatic heterocycles. The Bertz CT molecular complexity index is 677. The molecule has 7 heteroatoms. The third-order valence-electron chi connectivity index (χ3n) is 2.59. The highest BCUT2D eigenvalue weighted by Crippen LogP contribution is 2.31. The zero-order valence-electron chi connectivity index (χ0n) is 10.5. The van der Waals surface area contributed by atoms with Crippen molar-refractivity contribution in [2.45, 2.75) is 6.92 Å². The van der Waals surface area contributed by atoms with Crippen LogP contribution in [-0.4, -0.2) is 16.0 Å². The van der Waals surface area contributed by atoms with Gasteiger partial charge in [-0.05, 0) is 36.8 Å². The molecule has 0 saturated heterocycles. The van der Waals surface area contributed by atoms with Crippen molar-refractivity contribution in [3.8, 4) is 11.6 Å². The topological polar surface area (TPSA) is 80.7 Å². The highest BCUT2D eigenvalue weighted by atomic mass is 35.5. The SMILES string of the molecule is Cc1ccnc(Oc2ccc(F)cc2Cl)c1/C(N)=N/O. The molecule has 0 aliphatic carbocycles. The average molecular weight is 296 g/mol. The van der Waals surface area contributed by atoms with Gasteiger partial charge in [-0.25, -0.2) is 9.37 Å². The van der Waals surface area contributed by atoms with Crippen LogP contribution in [0, 0.1) is 12.7 Å². The van der Waals surface area contributed by atoms with Crippen LogP contribution in [0.15, 0.2) is 35.6 Å². The van der Waals surface area contributed by atoms with Gasteiger partial charge < -0.3 is 15.7 Å². The van der Waals surface area contributed by atoms with Crippen molar-refractivity contribution in [2.24, 2.45) is 10.9 Å². The molecule has 0 fully saturated rings. The van der Waals surface area contributed by atoms with Crippen LogP contribution in [-0.2, 0) is 0 Å². The van der Waals surface area contributed by atoms with Crippen LogP contribution in [0.3, 0.4) is 0 Å². The molecule has 20 heavy (non-hydrogen) atoms. The van der Waals surface area contributed by atoms with Gasteiger partial charge in [0, 0.05) is 6.20 Å². The number of amidine groups is 1. The Morgan fingerprint density at radius 1 is 1.45 bits per heavy atom. The number of aromatic nitrogens is 1. The Labute approximate surface area is 119 Å². The van der Waals surface area contributed by atoms with E-state index in [1.807, 2.05) is 0 Å². The summed E-state index contributed by atoms with van der Waals surface area (Å²) in [5.41, 5.74) is 6.65. The van der Waals surface area contributed by atoms with Crippen LogP contribution >= 0.6 is 11.6 Å².